The Bertz CT molecular complexity index is 792. The second-order valence-electron chi connectivity index (χ2n) is 6.22. The number of aromatic nitrogens is 3. The monoisotopic (exact) mass is 292 g/mol. The van der Waals surface area contributed by atoms with E-state index in [1.54, 1.807) is 0 Å². The van der Waals surface area contributed by atoms with Crippen LogP contribution in [0.4, 0.5) is 0 Å². The molecule has 3 aromatic rings. The van der Waals surface area contributed by atoms with Gasteiger partial charge in [-0.05, 0) is 49.2 Å². The highest BCUT2D eigenvalue weighted by Crippen LogP contribution is 2.28. The van der Waals surface area contributed by atoms with E-state index in [4.69, 9.17) is 0 Å². The van der Waals surface area contributed by atoms with Crippen LogP contribution in [0.15, 0.2) is 42.7 Å². The van der Waals surface area contributed by atoms with Gasteiger partial charge in [0, 0.05) is 36.3 Å². The number of H-pyrrole nitrogens is 1. The number of aryl methyl sites for hydroxylation is 1. The zero-order chi connectivity index (χ0) is 14.9. The first-order chi connectivity index (χ1) is 10.8. The number of aromatic amines is 1. The number of rotatable bonds is 3. The number of hydrogen-bond acceptors (Lipinski definition) is 3. The molecule has 22 heavy (non-hydrogen) atoms. The summed E-state index contributed by atoms with van der Waals surface area (Å²) in [6.45, 7) is 5.40. The van der Waals surface area contributed by atoms with E-state index >= 15 is 0 Å². The largest absolute Gasteiger partial charge is 0.298 e. The molecule has 0 bridgehead atoms. The molecular weight excluding hydrogens is 272 g/mol. The lowest BCUT2D eigenvalue weighted by Gasteiger charge is -2.16. The molecule has 0 spiro atoms. The van der Waals surface area contributed by atoms with Crippen molar-refractivity contribution in [3.05, 3.63) is 59.5 Å². The minimum atomic E-state index is 0.588. The number of benzene rings is 1. The molecule has 0 unspecified atom stereocenters. The van der Waals surface area contributed by atoms with Gasteiger partial charge in [0.05, 0.1) is 11.7 Å². The average Bonchev–Trinajstić information content (AvgIpc) is 3.16. The van der Waals surface area contributed by atoms with Crippen LogP contribution in [0.2, 0.25) is 0 Å². The van der Waals surface area contributed by atoms with Gasteiger partial charge in [-0.25, -0.2) is 0 Å². The summed E-state index contributed by atoms with van der Waals surface area (Å²) in [7, 11) is 0. The molecule has 2 aromatic heterocycles. The third-order valence-corrected chi connectivity index (χ3v) is 4.62. The Morgan fingerprint density at radius 1 is 1.32 bits per heavy atom. The topological polar surface area (TPSA) is 44.8 Å². The Hall–Kier alpha value is -2.20. The molecule has 1 aliphatic heterocycles. The summed E-state index contributed by atoms with van der Waals surface area (Å²) in [4.78, 5) is 6.92. The number of nitrogens with zero attached hydrogens (tertiary/aromatic N) is 3. The van der Waals surface area contributed by atoms with Gasteiger partial charge in [0.2, 0.25) is 0 Å². The van der Waals surface area contributed by atoms with Crippen LogP contribution in [0, 0.1) is 6.92 Å². The molecule has 4 heteroatoms. The van der Waals surface area contributed by atoms with Crippen molar-refractivity contribution in [3.8, 4) is 0 Å². The minimum Gasteiger partial charge on any atom is -0.298 e. The highest BCUT2D eigenvalue weighted by Gasteiger charge is 2.26. The molecule has 1 aliphatic rings. The summed E-state index contributed by atoms with van der Waals surface area (Å²) < 4.78 is 0. The average molecular weight is 292 g/mol. The summed E-state index contributed by atoms with van der Waals surface area (Å²) in [6, 6.07) is 10.7. The zero-order valence-corrected chi connectivity index (χ0v) is 12.8. The van der Waals surface area contributed by atoms with Crippen LogP contribution in [0.1, 0.15) is 29.2 Å². The highest BCUT2D eigenvalue weighted by molar-refractivity contribution is 5.78. The van der Waals surface area contributed by atoms with E-state index in [2.05, 4.69) is 51.3 Å². The predicted molar refractivity (Wildman–Crippen MR) is 87.7 cm³/mol. The predicted octanol–water partition coefficient (Wildman–Crippen LogP) is 3.26. The van der Waals surface area contributed by atoms with Gasteiger partial charge in [0.15, 0.2) is 0 Å². The molecule has 3 heterocycles. The summed E-state index contributed by atoms with van der Waals surface area (Å²) in [6.07, 6.45) is 4.98. The van der Waals surface area contributed by atoms with Gasteiger partial charge < -0.3 is 0 Å². The van der Waals surface area contributed by atoms with Gasteiger partial charge in [-0.2, -0.15) is 5.10 Å². The first-order valence-electron chi connectivity index (χ1n) is 7.85. The lowest BCUT2D eigenvalue weighted by molar-refractivity contribution is 0.326. The molecule has 0 radical (unpaired) electrons. The number of hydrogen-bond donors (Lipinski definition) is 1. The highest BCUT2D eigenvalue weighted by atomic mass is 15.2. The molecular formula is C18H20N4. The van der Waals surface area contributed by atoms with Crippen molar-refractivity contribution >= 4 is 10.9 Å². The maximum atomic E-state index is 4.38. The molecule has 1 N–H and O–H groups in total. The van der Waals surface area contributed by atoms with E-state index < -0.39 is 0 Å². The Morgan fingerprint density at radius 3 is 3.14 bits per heavy atom. The van der Waals surface area contributed by atoms with Crippen molar-refractivity contribution < 1.29 is 0 Å². The number of fused-ring (bicyclic) bond motifs is 1. The zero-order valence-electron chi connectivity index (χ0n) is 12.8. The van der Waals surface area contributed by atoms with Gasteiger partial charge in [0.25, 0.3) is 0 Å². The Kier molecular flexibility index (Phi) is 3.39. The Labute approximate surface area is 130 Å². The summed E-state index contributed by atoms with van der Waals surface area (Å²) in [5.41, 5.74) is 5.02. The first kappa shape index (κ1) is 13.5. The SMILES string of the molecule is Cc1cn[nH]c1[C@H]1CCN(Cc2ccc3ncccc3c2)C1. The molecule has 4 rings (SSSR count). The molecule has 112 valence electrons. The van der Waals surface area contributed by atoms with Crippen LogP contribution < -0.4 is 0 Å². The van der Waals surface area contributed by atoms with Crippen molar-refractivity contribution in [1.29, 1.82) is 0 Å². The van der Waals surface area contributed by atoms with Gasteiger partial charge >= 0.3 is 0 Å². The van der Waals surface area contributed by atoms with E-state index in [9.17, 15) is 0 Å². The van der Waals surface area contributed by atoms with Gasteiger partial charge in [-0.15, -0.1) is 0 Å². The van der Waals surface area contributed by atoms with E-state index in [1.807, 2.05) is 18.5 Å². The van der Waals surface area contributed by atoms with Gasteiger partial charge in [-0.3, -0.25) is 15.0 Å². The number of pyridine rings is 1. The fourth-order valence-corrected chi connectivity index (χ4v) is 3.46. The van der Waals surface area contributed by atoms with Crippen LogP contribution >= 0.6 is 0 Å². The van der Waals surface area contributed by atoms with Gasteiger partial charge in [-0.1, -0.05) is 12.1 Å². The number of nitrogens with one attached hydrogen (secondary N) is 1. The van der Waals surface area contributed by atoms with E-state index in [0.717, 1.165) is 25.2 Å². The summed E-state index contributed by atoms with van der Waals surface area (Å²) >= 11 is 0. The Balaban J connectivity index is 1.48. The lowest BCUT2D eigenvalue weighted by atomic mass is 10.0. The second kappa shape index (κ2) is 5.54. The standard InChI is InChI=1S/C18H20N4/c1-13-10-20-21-18(13)16-6-8-22(12-16)11-14-4-5-17-15(9-14)3-2-7-19-17/h2-5,7,9-10,16H,6,8,11-12H2,1H3,(H,20,21)/t16-/m0/s1. The fourth-order valence-electron chi connectivity index (χ4n) is 3.46. The van der Waals surface area contributed by atoms with Crippen molar-refractivity contribution in [3.63, 3.8) is 0 Å². The van der Waals surface area contributed by atoms with E-state index in [0.29, 0.717) is 5.92 Å². The van der Waals surface area contributed by atoms with Crippen LogP contribution in [-0.2, 0) is 6.54 Å². The minimum absolute atomic E-state index is 0.588. The first-order valence-corrected chi connectivity index (χ1v) is 7.85. The fraction of sp³-hybridized carbons (Fsp3) is 0.333. The molecule has 1 atom stereocenters. The molecule has 0 aliphatic carbocycles. The number of likely N-dealkylation sites (tertiary alicyclic amines) is 1. The third kappa shape index (κ3) is 2.50. The second-order valence-corrected chi connectivity index (χ2v) is 6.22. The summed E-state index contributed by atoms with van der Waals surface area (Å²) in [5, 5.41) is 8.55. The smallest absolute Gasteiger partial charge is 0.0702 e. The van der Waals surface area contributed by atoms with Gasteiger partial charge in [0.1, 0.15) is 0 Å². The third-order valence-electron chi connectivity index (χ3n) is 4.62. The lowest BCUT2D eigenvalue weighted by Crippen LogP contribution is -2.19. The molecule has 4 nitrogen and oxygen atoms in total. The van der Waals surface area contributed by atoms with Crippen molar-refractivity contribution in [2.45, 2.75) is 25.8 Å². The van der Waals surface area contributed by atoms with Crippen LogP contribution in [0.5, 0.6) is 0 Å². The van der Waals surface area contributed by atoms with Crippen molar-refractivity contribution in [2.24, 2.45) is 0 Å². The van der Waals surface area contributed by atoms with Crippen LogP contribution in [-0.4, -0.2) is 33.2 Å². The maximum Gasteiger partial charge on any atom is 0.0702 e. The molecule has 1 fully saturated rings. The summed E-state index contributed by atoms with van der Waals surface area (Å²) in [5.74, 6) is 0.588. The van der Waals surface area contributed by atoms with Crippen molar-refractivity contribution in [1.82, 2.24) is 20.1 Å². The molecule has 0 saturated carbocycles. The van der Waals surface area contributed by atoms with Crippen molar-refractivity contribution in [2.75, 3.05) is 13.1 Å². The molecule has 1 aromatic carbocycles. The molecule has 1 saturated heterocycles. The van der Waals surface area contributed by atoms with E-state index in [-0.39, 0.29) is 0 Å². The maximum absolute atomic E-state index is 4.38. The van der Waals surface area contributed by atoms with E-state index in [1.165, 1.54) is 28.6 Å². The quantitative estimate of drug-likeness (QED) is 0.806. The Morgan fingerprint density at radius 2 is 2.27 bits per heavy atom. The van der Waals surface area contributed by atoms with Crippen LogP contribution in [0.3, 0.4) is 0 Å². The van der Waals surface area contributed by atoms with Crippen LogP contribution in [0.25, 0.3) is 10.9 Å². The molecule has 0 amide bonds. The normalized spacial score (nSPS) is 19.0.